The number of hydrogen-bond donors (Lipinski definition) is 0. The fraction of sp³-hybridized carbons (Fsp3) is 0.200. The summed E-state index contributed by atoms with van der Waals surface area (Å²) in [6.45, 7) is 0.520. The Bertz CT molecular complexity index is 599. The van der Waals surface area contributed by atoms with Gasteiger partial charge in [0.15, 0.2) is 0 Å². The van der Waals surface area contributed by atoms with Crippen LogP contribution < -0.4 is 4.74 Å². The van der Waals surface area contributed by atoms with E-state index in [0.29, 0.717) is 16.7 Å². The molecule has 4 nitrogen and oxygen atoms in total. The van der Waals surface area contributed by atoms with Crippen molar-refractivity contribution in [3.05, 3.63) is 58.3 Å². The van der Waals surface area contributed by atoms with E-state index in [1.807, 2.05) is 24.3 Å². The lowest BCUT2D eigenvalue weighted by molar-refractivity contribution is 0.0778. The van der Waals surface area contributed by atoms with Crippen molar-refractivity contribution in [1.29, 1.82) is 0 Å². The van der Waals surface area contributed by atoms with Crippen LogP contribution >= 0.6 is 15.9 Å². The van der Waals surface area contributed by atoms with Gasteiger partial charge in [0.1, 0.15) is 11.4 Å². The predicted molar refractivity (Wildman–Crippen MR) is 80.7 cm³/mol. The van der Waals surface area contributed by atoms with E-state index in [1.165, 1.54) is 0 Å². The monoisotopic (exact) mass is 334 g/mol. The fourth-order valence-electron chi connectivity index (χ4n) is 1.80. The van der Waals surface area contributed by atoms with Crippen LogP contribution in [0.5, 0.6) is 5.75 Å². The highest BCUT2D eigenvalue weighted by molar-refractivity contribution is 9.10. The topological polar surface area (TPSA) is 42.4 Å². The molecule has 0 aliphatic heterocycles. The molecule has 0 saturated heterocycles. The standard InChI is InChI=1S/C15H15BrN2O2/c1-18(10-11-5-7-12(20-2)8-6-11)15(19)14-13(16)4-3-9-17-14/h3-9H,10H2,1-2H3. The summed E-state index contributed by atoms with van der Waals surface area (Å²) >= 11 is 3.34. The van der Waals surface area contributed by atoms with E-state index >= 15 is 0 Å². The van der Waals surface area contributed by atoms with Crippen molar-refractivity contribution >= 4 is 21.8 Å². The van der Waals surface area contributed by atoms with E-state index in [2.05, 4.69) is 20.9 Å². The highest BCUT2D eigenvalue weighted by Crippen LogP contribution is 2.17. The lowest BCUT2D eigenvalue weighted by Gasteiger charge is -2.17. The predicted octanol–water partition coefficient (Wildman–Crippen LogP) is 3.12. The first-order chi connectivity index (χ1) is 9.61. The van der Waals surface area contributed by atoms with Gasteiger partial charge in [-0.15, -0.1) is 0 Å². The third-order valence-corrected chi connectivity index (χ3v) is 3.53. The summed E-state index contributed by atoms with van der Waals surface area (Å²) in [6, 6.07) is 11.2. The Kier molecular flexibility index (Phi) is 4.74. The minimum absolute atomic E-state index is 0.117. The number of halogens is 1. The second-order valence-corrected chi connectivity index (χ2v) is 5.20. The Morgan fingerprint density at radius 1 is 1.30 bits per heavy atom. The van der Waals surface area contributed by atoms with E-state index < -0.39 is 0 Å². The van der Waals surface area contributed by atoms with Crippen LogP contribution in [0.25, 0.3) is 0 Å². The Labute approximate surface area is 126 Å². The van der Waals surface area contributed by atoms with Crippen LogP contribution in [-0.2, 0) is 6.54 Å². The molecule has 0 aliphatic rings. The van der Waals surface area contributed by atoms with Crippen LogP contribution in [0, 0.1) is 0 Å². The van der Waals surface area contributed by atoms with Gasteiger partial charge in [-0.25, -0.2) is 4.98 Å². The van der Waals surface area contributed by atoms with Gasteiger partial charge < -0.3 is 9.64 Å². The molecule has 0 spiro atoms. The lowest BCUT2D eigenvalue weighted by Crippen LogP contribution is -2.27. The summed E-state index contributed by atoms with van der Waals surface area (Å²) in [5.74, 6) is 0.684. The molecule has 1 heterocycles. The van der Waals surface area contributed by atoms with Crippen molar-refractivity contribution < 1.29 is 9.53 Å². The quantitative estimate of drug-likeness (QED) is 0.862. The molecule has 104 valence electrons. The van der Waals surface area contributed by atoms with E-state index in [-0.39, 0.29) is 5.91 Å². The average molecular weight is 335 g/mol. The number of hydrogen-bond acceptors (Lipinski definition) is 3. The minimum atomic E-state index is -0.117. The average Bonchev–Trinajstić information content (AvgIpc) is 2.48. The van der Waals surface area contributed by atoms with Crippen LogP contribution in [0.3, 0.4) is 0 Å². The molecule has 0 radical (unpaired) electrons. The maximum absolute atomic E-state index is 12.3. The molecule has 2 aromatic rings. The zero-order valence-corrected chi connectivity index (χ0v) is 12.9. The molecule has 0 aliphatic carbocycles. The number of nitrogens with zero attached hydrogens (tertiary/aromatic N) is 2. The Balaban J connectivity index is 2.09. The second-order valence-electron chi connectivity index (χ2n) is 4.34. The van der Waals surface area contributed by atoms with Gasteiger partial charge in [-0.1, -0.05) is 12.1 Å². The van der Waals surface area contributed by atoms with Gasteiger partial charge in [0.25, 0.3) is 5.91 Å². The van der Waals surface area contributed by atoms with Crippen LogP contribution in [0.15, 0.2) is 47.1 Å². The summed E-state index contributed by atoms with van der Waals surface area (Å²) in [7, 11) is 3.39. The number of carbonyl (C=O) groups excluding carboxylic acids is 1. The summed E-state index contributed by atoms with van der Waals surface area (Å²) < 4.78 is 5.81. The molecule has 0 saturated carbocycles. The highest BCUT2D eigenvalue weighted by Gasteiger charge is 2.16. The van der Waals surface area contributed by atoms with Crippen molar-refractivity contribution in [3.63, 3.8) is 0 Å². The molecule has 20 heavy (non-hydrogen) atoms. The first-order valence-electron chi connectivity index (χ1n) is 6.10. The molecule has 1 amide bonds. The number of amides is 1. The molecule has 0 N–H and O–H groups in total. The number of carbonyl (C=O) groups is 1. The zero-order chi connectivity index (χ0) is 14.5. The molecule has 0 fully saturated rings. The van der Waals surface area contributed by atoms with Gasteiger partial charge in [-0.3, -0.25) is 4.79 Å². The van der Waals surface area contributed by atoms with E-state index in [9.17, 15) is 4.79 Å². The number of aromatic nitrogens is 1. The molecule has 0 bridgehead atoms. The van der Waals surface area contributed by atoms with E-state index in [4.69, 9.17) is 4.74 Å². The van der Waals surface area contributed by atoms with Gasteiger partial charge in [-0.2, -0.15) is 0 Å². The largest absolute Gasteiger partial charge is 0.497 e. The molecular formula is C15H15BrN2O2. The first kappa shape index (κ1) is 14.5. The van der Waals surface area contributed by atoms with E-state index in [0.717, 1.165) is 11.3 Å². The first-order valence-corrected chi connectivity index (χ1v) is 6.90. The van der Waals surface area contributed by atoms with Gasteiger partial charge >= 0.3 is 0 Å². The number of benzene rings is 1. The summed E-state index contributed by atoms with van der Waals surface area (Å²) in [5.41, 5.74) is 1.46. The van der Waals surface area contributed by atoms with Crippen molar-refractivity contribution in [2.45, 2.75) is 6.54 Å². The van der Waals surface area contributed by atoms with Gasteiger partial charge in [0.05, 0.1) is 7.11 Å². The van der Waals surface area contributed by atoms with Crippen molar-refractivity contribution in [3.8, 4) is 5.75 Å². The third kappa shape index (κ3) is 3.36. The SMILES string of the molecule is COc1ccc(CN(C)C(=O)c2ncccc2Br)cc1. The maximum atomic E-state index is 12.3. The van der Waals surface area contributed by atoms with Crippen LogP contribution in [0.4, 0.5) is 0 Å². The molecule has 1 aromatic heterocycles. The van der Waals surface area contributed by atoms with Gasteiger partial charge in [-0.05, 0) is 45.8 Å². The summed E-state index contributed by atoms with van der Waals surface area (Å²) in [6.07, 6.45) is 1.61. The summed E-state index contributed by atoms with van der Waals surface area (Å²) in [4.78, 5) is 18.0. The van der Waals surface area contributed by atoms with Crippen molar-refractivity contribution in [2.24, 2.45) is 0 Å². The smallest absolute Gasteiger partial charge is 0.273 e. The Morgan fingerprint density at radius 3 is 2.60 bits per heavy atom. The van der Waals surface area contributed by atoms with Crippen molar-refractivity contribution in [1.82, 2.24) is 9.88 Å². The van der Waals surface area contributed by atoms with Gasteiger partial charge in [0, 0.05) is 24.3 Å². The minimum Gasteiger partial charge on any atom is -0.497 e. The highest BCUT2D eigenvalue weighted by atomic mass is 79.9. The molecule has 2 rings (SSSR count). The Morgan fingerprint density at radius 2 is 2.00 bits per heavy atom. The molecule has 5 heteroatoms. The maximum Gasteiger partial charge on any atom is 0.273 e. The molecule has 0 unspecified atom stereocenters. The van der Waals surface area contributed by atoms with Crippen LogP contribution in [0.1, 0.15) is 16.1 Å². The summed E-state index contributed by atoms with van der Waals surface area (Å²) in [5, 5.41) is 0. The number of pyridine rings is 1. The molecule has 1 aromatic carbocycles. The van der Waals surface area contributed by atoms with Crippen molar-refractivity contribution in [2.75, 3.05) is 14.2 Å². The third-order valence-electron chi connectivity index (χ3n) is 2.89. The van der Waals surface area contributed by atoms with Crippen LogP contribution in [0.2, 0.25) is 0 Å². The fourth-order valence-corrected chi connectivity index (χ4v) is 2.23. The van der Waals surface area contributed by atoms with Gasteiger partial charge in [0.2, 0.25) is 0 Å². The molecule has 0 atom stereocenters. The zero-order valence-electron chi connectivity index (χ0n) is 11.3. The molecular weight excluding hydrogens is 320 g/mol. The lowest BCUT2D eigenvalue weighted by atomic mass is 10.2. The van der Waals surface area contributed by atoms with Crippen LogP contribution in [-0.4, -0.2) is 29.9 Å². The number of methoxy groups -OCH3 is 1. The normalized spacial score (nSPS) is 10.2. The Hall–Kier alpha value is -1.88. The number of rotatable bonds is 4. The second kappa shape index (κ2) is 6.52. The van der Waals surface area contributed by atoms with E-state index in [1.54, 1.807) is 37.4 Å². The number of ether oxygens (including phenoxy) is 1.